The first kappa shape index (κ1) is 16.2. The van der Waals surface area contributed by atoms with Crippen LogP contribution in [-0.2, 0) is 16.6 Å². The molecule has 0 aliphatic rings. The van der Waals surface area contributed by atoms with E-state index in [0.717, 1.165) is 19.5 Å². The number of sulfonamides is 1. The lowest BCUT2D eigenvalue weighted by molar-refractivity contribution is 0.579. The molecule has 2 aromatic rings. The van der Waals surface area contributed by atoms with Crippen LogP contribution in [0.25, 0.3) is 11.1 Å². The van der Waals surface area contributed by atoms with Gasteiger partial charge in [0, 0.05) is 18.0 Å². The normalized spacial score (nSPS) is 11.7. The summed E-state index contributed by atoms with van der Waals surface area (Å²) in [6, 6.07) is 12.5. The first-order valence-corrected chi connectivity index (χ1v) is 9.60. The summed E-state index contributed by atoms with van der Waals surface area (Å²) in [5, 5.41) is 5.49. The highest BCUT2D eigenvalue weighted by molar-refractivity contribution is 7.88. The molecule has 0 atom stereocenters. The second-order valence-electron chi connectivity index (χ2n) is 4.86. The molecule has 0 spiro atoms. The minimum absolute atomic E-state index is 0.478. The van der Waals surface area contributed by atoms with Crippen LogP contribution in [0.15, 0.2) is 41.8 Å². The maximum atomic E-state index is 10.9. The maximum absolute atomic E-state index is 10.9. The van der Waals surface area contributed by atoms with Gasteiger partial charge in [-0.15, -0.1) is 11.3 Å². The fourth-order valence-electron chi connectivity index (χ4n) is 1.94. The Hall–Kier alpha value is -1.21. The Kier molecular flexibility index (Phi) is 5.93. The maximum Gasteiger partial charge on any atom is 0.208 e. The van der Waals surface area contributed by atoms with Crippen molar-refractivity contribution in [2.75, 3.05) is 19.3 Å². The molecule has 0 fully saturated rings. The summed E-state index contributed by atoms with van der Waals surface area (Å²) in [5.41, 5.74) is 2.48. The SMILES string of the molecule is CS(=O)(=O)NCCCNCc1cc(-c2ccccc2)cs1. The van der Waals surface area contributed by atoms with Crippen molar-refractivity contribution in [1.29, 1.82) is 0 Å². The molecule has 0 amide bonds. The van der Waals surface area contributed by atoms with Gasteiger partial charge >= 0.3 is 0 Å². The number of hydrogen-bond donors (Lipinski definition) is 2. The summed E-state index contributed by atoms with van der Waals surface area (Å²) in [6.45, 7) is 2.09. The third kappa shape index (κ3) is 5.97. The Bertz CT molecular complexity index is 651. The van der Waals surface area contributed by atoms with Gasteiger partial charge in [0.2, 0.25) is 10.0 Å². The van der Waals surface area contributed by atoms with Gasteiger partial charge < -0.3 is 5.32 Å². The van der Waals surface area contributed by atoms with Crippen LogP contribution in [0.4, 0.5) is 0 Å². The molecule has 1 heterocycles. The minimum atomic E-state index is -3.07. The number of nitrogens with one attached hydrogen (secondary N) is 2. The molecule has 0 bridgehead atoms. The van der Waals surface area contributed by atoms with Crippen LogP contribution in [0.5, 0.6) is 0 Å². The summed E-state index contributed by atoms with van der Waals surface area (Å²) in [5.74, 6) is 0. The summed E-state index contributed by atoms with van der Waals surface area (Å²) >= 11 is 1.74. The topological polar surface area (TPSA) is 58.2 Å². The predicted molar refractivity (Wildman–Crippen MR) is 88.9 cm³/mol. The fourth-order valence-corrected chi connectivity index (χ4v) is 3.32. The van der Waals surface area contributed by atoms with Gasteiger partial charge in [0.25, 0.3) is 0 Å². The van der Waals surface area contributed by atoms with E-state index in [-0.39, 0.29) is 0 Å². The van der Waals surface area contributed by atoms with E-state index in [1.807, 2.05) is 18.2 Å². The molecule has 6 heteroatoms. The van der Waals surface area contributed by atoms with Crippen LogP contribution < -0.4 is 10.0 Å². The molecule has 0 saturated carbocycles. The van der Waals surface area contributed by atoms with E-state index in [1.165, 1.54) is 22.3 Å². The molecule has 114 valence electrons. The standard InChI is InChI=1S/C15H20N2O2S2/c1-21(18,19)17-9-5-8-16-11-15-10-14(12-20-15)13-6-3-2-4-7-13/h2-4,6-7,10,12,16-17H,5,8-9,11H2,1H3. The molecule has 2 rings (SSSR count). The van der Waals surface area contributed by atoms with Crippen molar-refractivity contribution in [3.63, 3.8) is 0 Å². The molecular weight excluding hydrogens is 304 g/mol. The summed E-state index contributed by atoms with van der Waals surface area (Å²) < 4.78 is 24.3. The number of hydrogen-bond acceptors (Lipinski definition) is 4. The number of benzene rings is 1. The van der Waals surface area contributed by atoms with Crippen LogP contribution in [-0.4, -0.2) is 27.8 Å². The highest BCUT2D eigenvalue weighted by Gasteiger charge is 2.02. The molecule has 0 unspecified atom stereocenters. The van der Waals surface area contributed by atoms with Crippen molar-refractivity contribution in [3.05, 3.63) is 46.7 Å². The van der Waals surface area contributed by atoms with Gasteiger partial charge in [-0.2, -0.15) is 0 Å². The van der Waals surface area contributed by atoms with E-state index in [1.54, 1.807) is 11.3 Å². The lowest BCUT2D eigenvalue weighted by Crippen LogP contribution is -2.26. The van der Waals surface area contributed by atoms with Crippen LogP contribution in [0.2, 0.25) is 0 Å². The zero-order valence-corrected chi connectivity index (χ0v) is 13.6. The lowest BCUT2D eigenvalue weighted by Gasteiger charge is -2.03. The van der Waals surface area contributed by atoms with Gasteiger partial charge in [-0.1, -0.05) is 30.3 Å². The summed E-state index contributed by atoms with van der Waals surface area (Å²) in [4.78, 5) is 1.28. The third-order valence-corrected chi connectivity index (χ3v) is 4.62. The largest absolute Gasteiger partial charge is 0.312 e. The first-order chi connectivity index (χ1) is 10.0. The van der Waals surface area contributed by atoms with E-state index in [2.05, 4.69) is 33.6 Å². The average Bonchev–Trinajstić information content (AvgIpc) is 2.91. The molecule has 0 radical (unpaired) electrons. The van der Waals surface area contributed by atoms with Crippen LogP contribution in [0, 0.1) is 0 Å². The average molecular weight is 324 g/mol. The quantitative estimate of drug-likeness (QED) is 0.733. The molecule has 21 heavy (non-hydrogen) atoms. The zero-order valence-electron chi connectivity index (χ0n) is 12.0. The van der Waals surface area contributed by atoms with Crippen LogP contribution in [0.1, 0.15) is 11.3 Å². The van der Waals surface area contributed by atoms with E-state index in [4.69, 9.17) is 0 Å². The molecule has 4 nitrogen and oxygen atoms in total. The van der Waals surface area contributed by atoms with E-state index >= 15 is 0 Å². The molecular formula is C15H20N2O2S2. The number of thiophene rings is 1. The Morgan fingerprint density at radius 2 is 1.86 bits per heavy atom. The van der Waals surface area contributed by atoms with Crippen molar-refractivity contribution < 1.29 is 8.42 Å². The second-order valence-corrected chi connectivity index (χ2v) is 7.69. The minimum Gasteiger partial charge on any atom is -0.312 e. The second kappa shape index (κ2) is 7.70. The van der Waals surface area contributed by atoms with Gasteiger partial charge in [0.15, 0.2) is 0 Å². The van der Waals surface area contributed by atoms with Crippen molar-refractivity contribution in [2.24, 2.45) is 0 Å². The van der Waals surface area contributed by atoms with Crippen LogP contribution >= 0.6 is 11.3 Å². The van der Waals surface area contributed by atoms with E-state index in [0.29, 0.717) is 6.54 Å². The lowest BCUT2D eigenvalue weighted by atomic mass is 10.1. The molecule has 0 aliphatic carbocycles. The first-order valence-electron chi connectivity index (χ1n) is 6.83. The number of rotatable bonds is 8. The van der Waals surface area contributed by atoms with E-state index in [9.17, 15) is 8.42 Å². The Morgan fingerprint density at radius 1 is 1.10 bits per heavy atom. The molecule has 0 aliphatic heterocycles. The van der Waals surface area contributed by atoms with Gasteiger partial charge in [-0.05, 0) is 35.5 Å². The highest BCUT2D eigenvalue weighted by Crippen LogP contribution is 2.25. The molecule has 0 saturated heterocycles. The molecule has 2 N–H and O–H groups in total. The fraction of sp³-hybridized carbons (Fsp3) is 0.333. The van der Waals surface area contributed by atoms with Crippen molar-refractivity contribution in [2.45, 2.75) is 13.0 Å². The third-order valence-electron chi connectivity index (χ3n) is 2.95. The predicted octanol–water partition coefficient (Wildman–Crippen LogP) is 2.44. The summed E-state index contributed by atoms with van der Waals surface area (Å²) in [6.07, 6.45) is 1.96. The highest BCUT2D eigenvalue weighted by atomic mass is 32.2. The van der Waals surface area contributed by atoms with Gasteiger partial charge in [-0.3, -0.25) is 0 Å². The van der Waals surface area contributed by atoms with Crippen LogP contribution in [0.3, 0.4) is 0 Å². The summed E-state index contributed by atoms with van der Waals surface area (Å²) in [7, 11) is -3.07. The van der Waals surface area contributed by atoms with Crippen molar-refractivity contribution in [3.8, 4) is 11.1 Å². The van der Waals surface area contributed by atoms with Gasteiger partial charge in [0.1, 0.15) is 0 Å². The molecule has 1 aromatic carbocycles. The van der Waals surface area contributed by atoms with Crippen molar-refractivity contribution in [1.82, 2.24) is 10.0 Å². The van der Waals surface area contributed by atoms with E-state index < -0.39 is 10.0 Å². The Balaban J connectivity index is 1.72. The zero-order chi connectivity index (χ0) is 15.1. The van der Waals surface area contributed by atoms with Crippen molar-refractivity contribution >= 4 is 21.4 Å². The smallest absolute Gasteiger partial charge is 0.208 e. The Morgan fingerprint density at radius 3 is 2.57 bits per heavy atom. The van der Waals surface area contributed by atoms with Gasteiger partial charge in [0.05, 0.1) is 6.26 Å². The monoisotopic (exact) mass is 324 g/mol. The molecule has 1 aromatic heterocycles. The van der Waals surface area contributed by atoms with Gasteiger partial charge in [-0.25, -0.2) is 13.1 Å². The Labute approximate surface area is 130 Å².